The van der Waals surface area contributed by atoms with Gasteiger partial charge in [-0.1, -0.05) is 6.92 Å². The summed E-state index contributed by atoms with van der Waals surface area (Å²) in [6, 6.07) is 0.533. The van der Waals surface area contributed by atoms with Crippen LogP contribution in [0.2, 0.25) is 0 Å². The predicted octanol–water partition coefficient (Wildman–Crippen LogP) is 3.24. The van der Waals surface area contributed by atoms with Gasteiger partial charge in [-0.15, -0.1) is 11.3 Å². The van der Waals surface area contributed by atoms with Crippen LogP contribution in [-0.4, -0.2) is 21.3 Å². The number of aromatic nitrogens is 3. The molecule has 2 aromatic rings. The van der Waals surface area contributed by atoms with Crippen molar-refractivity contribution in [3.63, 3.8) is 0 Å². The fourth-order valence-corrected chi connectivity index (χ4v) is 2.98. The molecule has 0 amide bonds. The smallest absolute Gasteiger partial charge is 0.115 e. The van der Waals surface area contributed by atoms with Gasteiger partial charge in [0, 0.05) is 22.7 Å². The van der Waals surface area contributed by atoms with Gasteiger partial charge in [0.2, 0.25) is 0 Å². The SMILES string of the molecule is CCNC(c1cnn(C(C)C)c1)c1nc(C)c(C)s1. The average Bonchev–Trinajstić information content (AvgIpc) is 2.95. The van der Waals surface area contributed by atoms with E-state index in [-0.39, 0.29) is 6.04 Å². The molecule has 2 heterocycles. The Kier molecular flexibility index (Phi) is 4.37. The summed E-state index contributed by atoms with van der Waals surface area (Å²) in [7, 11) is 0. The van der Waals surface area contributed by atoms with Gasteiger partial charge < -0.3 is 5.32 Å². The van der Waals surface area contributed by atoms with Crippen molar-refractivity contribution in [1.29, 1.82) is 0 Å². The van der Waals surface area contributed by atoms with Gasteiger partial charge in [-0.05, 0) is 34.2 Å². The summed E-state index contributed by atoms with van der Waals surface area (Å²) < 4.78 is 1.99. The van der Waals surface area contributed by atoms with Gasteiger partial charge in [0.1, 0.15) is 5.01 Å². The van der Waals surface area contributed by atoms with Gasteiger partial charge in [-0.3, -0.25) is 4.68 Å². The molecule has 1 atom stereocenters. The molecule has 19 heavy (non-hydrogen) atoms. The molecule has 0 saturated carbocycles. The third-order valence-electron chi connectivity index (χ3n) is 3.18. The highest BCUT2D eigenvalue weighted by Gasteiger charge is 2.19. The molecule has 0 aliphatic rings. The maximum atomic E-state index is 4.68. The molecule has 0 fully saturated rings. The summed E-state index contributed by atoms with van der Waals surface area (Å²) in [5.74, 6) is 0. The molecule has 5 heteroatoms. The fraction of sp³-hybridized carbons (Fsp3) is 0.571. The lowest BCUT2D eigenvalue weighted by molar-refractivity contribution is 0.530. The average molecular weight is 278 g/mol. The molecule has 1 unspecified atom stereocenters. The highest BCUT2D eigenvalue weighted by atomic mass is 32.1. The number of hydrogen-bond donors (Lipinski definition) is 1. The van der Waals surface area contributed by atoms with Gasteiger partial charge in [-0.2, -0.15) is 5.10 Å². The third kappa shape index (κ3) is 3.04. The summed E-state index contributed by atoms with van der Waals surface area (Å²) in [5, 5.41) is 9.05. The largest absolute Gasteiger partial charge is 0.304 e. The Hall–Kier alpha value is -1.20. The minimum atomic E-state index is 0.148. The first kappa shape index (κ1) is 14.2. The quantitative estimate of drug-likeness (QED) is 0.913. The van der Waals surface area contributed by atoms with E-state index in [4.69, 9.17) is 0 Å². The van der Waals surface area contributed by atoms with E-state index in [1.165, 1.54) is 10.4 Å². The van der Waals surface area contributed by atoms with Crippen LogP contribution in [-0.2, 0) is 0 Å². The molecule has 0 aromatic carbocycles. The van der Waals surface area contributed by atoms with Crippen LogP contribution in [0.5, 0.6) is 0 Å². The van der Waals surface area contributed by atoms with E-state index in [0.29, 0.717) is 6.04 Å². The van der Waals surface area contributed by atoms with E-state index >= 15 is 0 Å². The van der Waals surface area contributed by atoms with Gasteiger partial charge in [0.25, 0.3) is 0 Å². The Morgan fingerprint density at radius 1 is 1.37 bits per heavy atom. The normalized spacial score (nSPS) is 13.2. The summed E-state index contributed by atoms with van der Waals surface area (Å²) >= 11 is 1.76. The van der Waals surface area contributed by atoms with Crippen LogP contribution in [0, 0.1) is 13.8 Å². The van der Waals surface area contributed by atoms with Gasteiger partial charge in [0.15, 0.2) is 0 Å². The lowest BCUT2D eigenvalue weighted by Gasteiger charge is -2.13. The van der Waals surface area contributed by atoms with Crippen molar-refractivity contribution in [2.24, 2.45) is 0 Å². The zero-order valence-electron chi connectivity index (χ0n) is 12.3. The molecule has 0 spiro atoms. The molecule has 1 N–H and O–H groups in total. The monoisotopic (exact) mass is 278 g/mol. The van der Waals surface area contributed by atoms with Crippen molar-refractivity contribution in [3.05, 3.63) is 33.5 Å². The molecule has 0 radical (unpaired) electrons. The lowest BCUT2D eigenvalue weighted by Crippen LogP contribution is -2.21. The summed E-state index contributed by atoms with van der Waals surface area (Å²) in [5.41, 5.74) is 2.31. The van der Waals surface area contributed by atoms with E-state index < -0.39 is 0 Å². The van der Waals surface area contributed by atoms with E-state index in [0.717, 1.165) is 17.2 Å². The zero-order chi connectivity index (χ0) is 14.0. The van der Waals surface area contributed by atoms with Crippen LogP contribution in [0.1, 0.15) is 54.0 Å². The Balaban J connectivity index is 2.33. The number of rotatable bonds is 5. The Morgan fingerprint density at radius 3 is 2.58 bits per heavy atom. The van der Waals surface area contributed by atoms with Crippen molar-refractivity contribution in [2.45, 2.75) is 46.7 Å². The highest BCUT2D eigenvalue weighted by Crippen LogP contribution is 2.28. The molecular weight excluding hydrogens is 256 g/mol. The maximum absolute atomic E-state index is 4.68. The molecule has 0 bridgehead atoms. The van der Waals surface area contributed by atoms with Crippen molar-refractivity contribution in [3.8, 4) is 0 Å². The highest BCUT2D eigenvalue weighted by molar-refractivity contribution is 7.11. The topological polar surface area (TPSA) is 42.7 Å². The first-order valence-corrected chi connectivity index (χ1v) is 7.56. The maximum Gasteiger partial charge on any atom is 0.115 e. The van der Waals surface area contributed by atoms with Crippen LogP contribution in [0.15, 0.2) is 12.4 Å². The molecule has 0 saturated heterocycles. The Bertz CT molecular complexity index is 522. The minimum Gasteiger partial charge on any atom is -0.304 e. The molecular formula is C14H22N4S. The van der Waals surface area contributed by atoms with Crippen molar-refractivity contribution < 1.29 is 0 Å². The van der Waals surface area contributed by atoms with Crippen LogP contribution in [0.25, 0.3) is 0 Å². The van der Waals surface area contributed by atoms with Gasteiger partial charge >= 0.3 is 0 Å². The number of thiazole rings is 1. The zero-order valence-corrected chi connectivity index (χ0v) is 13.1. The van der Waals surface area contributed by atoms with Crippen molar-refractivity contribution in [2.75, 3.05) is 6.54 Å². The number of hydrogen-bond acceptors (Lipinski definition) is 4. The van der Waals surface area contributed by atoms with E-state index in [2.05, 4.69) is 56.2 Å². The number of nitrogens with zero attached hydrogens (tertiary/aromatic N) is 3. The van der Waals surface area contributed by atoms with E-state index in [1.807, 2.05) is 10.9 Å². The number of aryl methyl sites for hydroxylation is 2. The van der Waals surface area contributed by atoms with Crippen molar-refractivity contribution >= 4 is 11.3 Å². The second kappa shape index (κ2) is 5.84. The molecule has 104 valence electrons. The Labute approximate surface area is 118 Å². The van der Waals surface area contributed by atoms with E-state index in [9.17, 15) is 0 Å². The standard InChI is InChI=1S/C14H22N4S/c1-6-15-13(14-17-10(4)11(5)19-14)12-7-16-18(8-12)9(2)3/h7-9,13,15H,6H2,1-5H3. The molecule has 4 nitrogen and oxygen atoms in total. The number of nitrogens with one attached hydrogen (secondary N) is 1. The van der Waals surface area contributed by atoms with Crippen LogP contribution >= 0.6 is 11.3 Å². The molecule has 0 aliphatic carbocycles. The first-order valence-electron chi connectivity index (χ1n) is 6.74. The lowest BCUT2D eigenvalue weighted by atomic mass is 10.1. The first-order chi connectivity index (χ1) is 9.02. The third-order valence-corrected chi connectivity index (χ3v) is 4.32. The van der Waals surface area contributed by atoms with Crippen LogP contribution < -0.4 is 5.32 Å². The molecule has 0 aliphatic heterocycles. The summed E-state index contributed by atoms with van der Waals surface area (Å²) in [6.45, 7) is 11.5. The molecule has 2 rings (SSSR count). The fourth-order valence-electron chi connectivity index (χ4n) is 1.96. The van der Waals surface area contributed by atoms with Gasteiger partial charge in [0.05, 0.1) is 17.9 Å². The summed E-state index contributed by atoms with van der Waals surface area (Å²) in [4.78, 5) is 5.96. The van der Waals surface area contributed by atoms with Crippen LogP contribution in [0.3, 0.4) is 0 Å². The second-order valence-electron chi connectivity index (χ2n) is 5.03. The molecule has 2 aromatic heterocycles. The van der Waals surface area contributed by atoms with Crippen LogP contribution in [0.4, 0.5) is 0 Å². The Morgan fingerprint density at radius 2 is 2.11 bits per heavy atom. The predicted molar refractivity (Wildman–Crippen MR) is 79.7 cm³/mol. The minimum absolute atomic E-state index is 0.148. The van der Waals surface area contributed by atoms with Crippen molar-refractivity contribution in [1.82, 2.24) is 20.1 Å². The summed E-state index contributed by atoms with van der Waals surface area (Å²) in [6.07, 6.45) is 4.06. The van der Waals surface area contributed by atoms with Gasteiger partial charge in [-0.25, -0.2) is 4.98 Å². The van der Waals surface area contributed by atoms with E-state index in [1.54, 1.807) is 11.3 Å². The second-order valence-corrected chi connectivity index (χ2v) is 6.27.